The molecule has 1 aliphatic carbocycles. The minimum absolute atomic E-state index is 0.627. The standard InChI is InChI=1S/2C18H15P.C15H14.ClH.Ru/c2*1-4-10-16(11-5-1)19(17-12-6-2-7-13-17)18-14-8-3-9-15-18;1-2-6-12(7-3-1)15-11-10-13-8-4-5-9-14(13)15;;/h2*1-15H;1-9,15H,10-11H2;1H;/q;;;;+1/p+1. The van der Waals surface area contributed by atoms with Crippen molar-refractivity contribution in [2.75, 3.05) is 0 Å². The Balaban J connectivity index is 0.000000138. The first kappa shape index (κ1) is 40.2. The van der Waals surface area contributed by atoms with Crippen molar-refractivity contribution in [3.8, 4) is 0 Å². The van der Waals surface area contributed by atoms with Crippen molar-refractivity contribution in [3.05, 3.63) is 253 Å². The summed E-state index contributed by atoms with van der Waals surface area (Å²) in [7, 11) is 2.81. The van der Waals surface area contributed by atoms with Gasteiger partial charge in [0.1, 0.15) is 31.8 Å². The Labute approximate surface area is 344 Å². The molecule has 4 heteroatoms. The van der Waals surface area contributed by atoms with E-state index < -0.39 is 15.8 Å². The summed E-state index contributed by atoms with van der Waals surface area (Å²) in [6.45, 7) is 0. The Morgan fingerprint density at radius 3 is 0.891 bits per heavy atom. The molecule has 1 unspecified atom stereocenters. The van der Waals surface area contributed by atoms with Crippen LogP contribution in [0.2, 0.25) is 0 Å². The van der Waals surface area contributed by atoms with Crippen LogP contribution < -0.4 is 31.8 Å². The fraction of sp³-hybridized carbons (Fsp3) is 0.0588. The normalized spacial score (nSPS) is 12.5. The Hall–Kier alpha value is -4.47. The maximum atomic E-state index is 4.57. The van der Waals surface area contributed by atoms with Gasteiger partial charge in [-0.15, -0.1) is 0 Å². The van der Waals surface area contributed by atoms with Crippen molar-refractivity contribution < 1.29 is 17.3 Å². The van der Waals surface area contributed by atoms with Crippen molar-refractivity contribution in [2.45, 2.75) is 18.8 Å². The number of hydrogen-bond acceptors (Lipinski definition) is 0. The number of benzene rings is 8. The molecule has 8 aromatic carbocycles. The molecule has 0 saturated heterocycles. The van der Waals surface area contributed by atoms with Gasteiger partial charge in [-0.25, -0.2) is 0 Å². The average molecular weight is 857 g/mol. The molecule has 55 heavy (non-hydrogen) atoms. The second-order valence-electron chi connectivity index (χ2n) is 13.1. The van der Waals surface area contributed by atoms with Crippen LogP contribution in [0.4, 0.5) is 0 Å². The van der Waals surface area contributed by atoms with Gasteiger partial charge in [0.05, 0.1) is 15.8 Å². The van der Waals surface area contributed by atoms with Gasteiger partial charge in [-0.05, 0) is 102 Å². The van der Waals surface area contributed by atoms with Crippen LogP contribution in [0.5, 0.6) is 0 Å². The Kier molecular flexibility index (Phi) is 16.2. The largest absolute Gasteiger partial charge is 0.102 e. The van der Waals surface area contributed by atoms with Crippen molar-refractivity contribution in [2.24, 2.45) is 0 Å². The first-order chi connectivity index (χ1) is 27.3. The van der Waals surface area contributed by atoms with E-state index in [0.717, 1.165) is 0 Å². The van der Waals surface area contributed by atoms with E-state index in [2.05, 4.69) is 246 Å². The third kappa shape index (κ3) is 11.3. The molecular weight excluding hydrogens is 811 g/mol. The summed E-state index contributed by atoms with van der Waals surface area (Å²) in [6.07, 6.45) is 2.50. The van der Waals surface area contributed by atoms with E-state index in [0.29, 0.717) is 5.92 Å². The van der Waals surface area contributed by atoms with Crippen LogP contribution in [0, 0.1) is 0 Å². The van der Waals surface area contributed by atoms with Gasteiger partial charge in [-0.2, -0.15) is 0 Å². The minimum Gasteiger partial charge on any atom is -0.0622 e. The van der Waals surface area contributed by atoms with Crippen molar-refractivity contribution >= 4 is 57.4 Å². The predicted octanol–water partition coefficient (Wildman–Crippen LogP) is 10.8. The molecule has 1 aliphatic rings. The Bertz CT molecular complexity index is 1920. The van der Waals surface area contributed by atoms with Gasteiger partial charge in [0.15, 0.2) is 0 Å². The van der Waals surface area contributed by atoms with Crippen LogP contribution in [-0.4, -0.2) is 0 Å². The fourth-order valence-corrected chi connectivity index (χ4v) is 12.4. The molecule has 1 atom stereocenters. The first-order valence-corrected chi connectivity index (χ1v) is 23.9. The third-order valence-electron chi connectivity index (χ3n) is 9.71. The maximum Gasteiger partial charge on any atom is 0.102 e. The summed E-state index contributed by atoms with van der Waals surface area (Å²) in [4.78, 5) is 0. The third-order valence-corrected chi connectivity index (χ3v) is 15.2. The van der Waals surface area contributed by atoms with Crippen LogP contribution >= 0.6 is 25.5 Å². The van der Waals surface area contributed by atoms with E-state index in [-0.39, 0.29) is 0 Å². The molecule has 0 aliphatic heterocycles. The number of halogens is 1. The second kappa shape index (κ2) is 22.2. The topological polar surface area (TPSA) is 0 Å². The molecular formula is C51H46ClP2Ru+2. The van der Waals surface area contributed by atoms with Crippen molar-refractivity contribution in [1.82, 2.24) is 0 Å². The summed E-state index contributed by atoms with van der Waals surface area (Å²) >= 11 is 1.82. The number of rotatable bonds is 7. The van der Waals surface area contributed by atoms with Crippen LogP contribution in [0.25, 0.3) is 0 Å². The number of hydrogen-bond donors (Lipinski definition) is 0. The van der Waals surface area contributed by atoms with Crippen LogP contribution in [-0.2, 0) is 23.7 Å². The Morgan fingerprint density at radius 1 is 0.327 bits per heavy atom. The van der Waals surface area contributed by atoms with E-state index in [1.807, 2.05) is 17.3 Å². The zero-order valence-corrected chi connectivity index (χ0v) is 35.2. The van der Waals surface area contributed by atoms with E-state index in [4.69, 9.17) is 0 Å². The molecule has 0 bridgehead atoms. The van der Waals surface area contributed by atoms with E-state index >= 15 is 0 Å². The summed E-state index contributed by atoms with van der Waals surface area (Å²) < 4.78 is 0. The Morgan fingerprint density at radius 2 is 0.582 bits per heavy atom. The molecule has 273 valence electrons. The van der Waals surface area contributed by atoms with Gasteiger partial charge >= 0.3 is 27.0 Å². The average Bonchev–Trinajstić information content (AvgIpc) is 3.72. The molecule has 0 radical (unpaired) electrons. The summed E-state index contributed by atoms with van der Waals surface area (Å²) in [5.74, 6) is 0.627. The van der Waals surface area contributed by atoms with E-state index in [1.54, 1.807) is 0 Å². The van der Waals surface area contributed by atoms with Gasteiger partial charge in [0, 0.05) is 5.92 Å². The summed E-state index contributed by atoms with van der Waals surface area (Å²) in [5.41, 5.74) is 4.53. The monoisotopic (exact) mass is 857 g/mol. The zero-order chi connectivity index (χ0) is 37.9. The molecule has 0 nitrogen and oxygen atoms in total. The molecule has 0 spiro atoms. The van der Waals surface area contributed by atoms with E-state index in [9.17, 15) is 0 Å². The molecule has 0 aromatic heterocycles. The molecule has 0 amide bonds. The van der Waals surface area contributed by atoms with Crippen LogP contribution in [0.3, 0.4) is 0 Å². The first-order valence-electron chi connectivity index (χ1n) is 18.7. The maximum absolute atomic E-state index is 4.57. The van der Waals surface area contributed by atoms with Gasteiger partial charge < -0.3 is 0 Å². The molecule has 0 saturated carbocycles. The molecule has 8 aromatic rings. The second-order valence-corrected chi connectivity index (χ2v) is 18.1. The SMILES string of the molecule is [Cl][Ru].c1ccc(C2CCc3ccccc32)cc1.c1ccc([PH+](c2ccccc2)c2ccccc2)cc1.c1ccc([PH+](c2ccccc2)c2ccccc2)cc1. The van der Waals surface area contributed by atoms with Crippen molar-refractivity contribution in [3.63, 3.8) is 0 Å². The predicted molar refractivity (Wildman–Crippen MR) is 242 cm³/mol. The zero-order valence-electron chi connectivity index (χ0n) is 30.7. The van der Waals surface area contributed by atoms with Gasteiger partial charge in [-0.1, -0.05) is 164 Å². The van der Waals surface area contributed by atoms with Gasteiger partial charge in [0.25, 0.3) is 0 Å². The fourth-order valence-electron chi connectivity index (χ4n) is 7.22. The smallest absolute Gasteiger partial charge is 0.0622 e. The van der Waals surface area contributed by atoms with Gasteiger partial charge in [-0.3, -0.25) is 0 Å². The molecule has 0 fully saturated rings. The van der Waals surface area contributed by atoms with Crippen molar-refractivity contribution in [1.29, 1.82) is 0 Å². The van der Waals surface area contributed by atoms with Gasteiger partial charge in [0.2, 0.25) is 0 Å². The number of aryl methyl sites for hydroxylation is 1. The quantitative estimate of drug-likeness (QED) is 0.111. The summed E-state index contributed by atoms with van der Waals surface area (Å²) in [6, 6.07) is 84.7. The summed E-state index contributed by atoms with van der Waals surface area (Å²) in [5, 5.41) is 8.61. The molecule has 0 heterocycles. The van der Waals surface area contributed by atoms with Crippen LogP contribution in [0.15, 0.2) is 237 Å². The number of fused-ring (bicyclic) bond motifs is 1. The molecule has 9 rings (SSSR count). The van der Waals surface area contributed by atoms with Crippen LogP contribution in [0.1, 0.15) is 29.0 Å². The minimum atomic E-state index is -0.877. The molecule has 0 N–H and O–H groups in total. The van der Waals surface area contributed by atoms with E-state index in [1.165, 1.54) is 61.4 Å².